The standard InChI is InChI=1S/C13H13F3N4OS.HI/c1-21-9-4-2-8(3-5-9)19-12(17)18-6-11-20-10(7-22-11)13(14,15)16;/h2-5,7H,6H2,1H3,(H3,17,18,19);1H. The van der Waals surface area contributed by atoms with E-state index in [2.05, 4.69) is 15.3 Å². The Morgan fingerprint density at radius 2 is 2.00 bits per heavy atom. The van der Waals surface area contributed by atoms with Crippen molar-refractivity contribution in [1.82, 2.24) is 4.98 Å². The predicted molar refractivity (Wildman–Crippen MR) is 94.5 cm³/mol. The number of ether oxygens (including phenoxy) is 1. The minimum Gasteiger partial charge on any atom is -0.497 e. The molecule has 1 aromatic carbocycles. The number of aliphatic imine (C=N–C) groups is 1. The van der Waals surface area contributed by atoms with E-state index in [4.69, 9.17) is 10.5 Å². The van der Waals surface area contributed by atoms with Crippen LogP contribution in [0.2, 0.25) is 0 Å². The number of nitrogens with two attached hydrogens (primary N) is 1. The van der Waals surface area contributed by atoms with Gasteiger partial charge in [-0.05, 0) is 24.3 Å². The van der Waals surface area contributed by atoms with Gasteiger partial charge in [0, 0.05) is 11.1 Å². The second-order valence-electron chi connectivity index (χ2n) is 4.18. The quantitative estimate of drug-likeness (QED) is 0.417. The summed E-state index contributed by atoms with van der Waals surface area (Å²) in [6.45, 7) is -0.0181. The molecule has 0 fully saturated rings. The number of hydrogen-bond acceptors (Lipinski definition) is 4. The Balaban J connectivity index is 0.00000264. The fourth-order valence-electron chi connectivity index (χ4n) is 1.53. The third-order valence-electron chi connectivity index (χ3n) is 2.59. The van der Waals surface area contributed by atoms with E-state index < -0.39 is 11.9 Å². The van der Waals surface area contributed by atoms with E-state index in [-0.39, 0.29) is 41.5 Å². The van der Waals surface area contributed by atoms with E-state index in [1.54, 1.807) is 31.4 Å². The zero-order chi connectivity index (χ0) is 16.2. The van der Waals surface area contributed by atoms with E-state index in [1.807, 2.05) is 0 Å². The number of halogens is 4. The largest absolute Gasteiger partial charge is 0.497 e. The lowest BCUT2D eigenvalue weighted by atomic mass is 10.3. The van der Waals surface area contributed by atoms with Crippen molar-refractivity contribution in [2.45, 2.75) is 12.7 Å². The molecular formula is C13H14F3IN4OS. The molecule has 3 N–H and O–H groups in total. The molecule has 2 rings (SSSR count). The number of rotatable bonds is 4. The van der Waals surface area contributed by atoms with Gasteiger partial charge in [-0.3, -0.25) is 0 Å². The maximum Gasteiger partial charge on any atom is 0.434 e. The van der Waals surface area contributed by atoms with Crippen LogP contribution in [0.15, 0.2) is 34.6 Å². The number of alkyl halides is 3. The van der Waals surface area contributed by atoms with Crippen molar-refractivity contribution < 1.29 is 17.9 Å². The summed E-state index contributed by atoms with van der Waals surface area (Å²) >= 11 is 0.892. The molecule has 1 aromatic heterocycles. The molecule has 126 valence electrons. The van der Waals surface area contributed by atoms with E-state index in [1.165, 1.54) is 0 Å². The van der Waals surface area contributed by atoms with E-state index in [0.717, 1.165) is 16.7 Å². The lowest BCUT2D eigenvalue weighted by Gasteiger charge is -2.06. The summed E-state index contributed by atoms with van der Waals surface area (Å²) < 4.78 is 42.3. The van der Waals surface area contributed by atoms with Crippen LogP contribution in [0.1, 0.15) is 10.7 Å². The van der Waals surface area contributed by atoms with Gasteiger partial charge in [-0.2, -0.15) is 13.2 Å². The van der Waals surface area contributed by atoms with Crippen molar-refractivity contribution in [3.63, 3.8) is 0 Å². The maximum absolute atomic E-state index is 12.4. The molecule has 0 saturated carbocycles. The fourth-order valence-corrected chi connectivity index (χ4v) is 2.25. The smallest absolute Gasteiger partial charge is 0.434 e. The topological polar surface area (TPSA) is 72.5 Å². The molecule has 0 radical (unpaired) electrons. The summed E-state index contributed by atoms with van der Waals surface area (Å²) in [7, 11) is 1.56. The van der Waals surface area contributed by atoms with Gasteiger partial charge in [0.25, 0.3) is 0 Å². The molecule has 0 aliphatic carbocycles. The number of benzene rings is 1. The summed E-state index contributed by atoms with van der Waals surface area (Å²) in [5, 5.41) is 4.03. The fraction of sp³-hybridized carbons (Fsp3) is 0.231. The van der Waals surface area contributed by atoms with Gasteiger partial charge >= 0.3 is 6.18 Å². The van der Waals surface area contributed by atoms with Crippen molar-refractivity contribution in [2.75, 3.05) is 12.4 Å². The van der Waals surface area contributed by atoms with Crippen molar-refractivity contribution in [3.05, 3.63) is 40.3 Å². The molecule has 23 heavy (non-hydrogen) atoms. The van der Waals surface area contributed by atoms with Gasteiger partial charge in [-0.15, -0.1) is 35.3 Å². The highest BCUT2D eigenvalue weighted by Gasteiger charge is 2.33. The van der Waals surface area contributed by atoms with Crippen LogP contribution in [-0.4, -0.2) is 18.1 Å². The van der Waals surface area contributed by atoms with Crippen LogP contribution in [0, 0.1) is 0 Å². The van der Waals surface area contributed by atoms with Crippen molar-refractivity contribution in [2.24, 2.45) is 10.7 Å². The molecule has 0 saturated heterocycles. The first-order chi connectivity index (χ1) is 10.4. The van der Waals surface area contributed by atoms with Gasteiger partial charge in [0.1, 0.15) is 10.8 Å². The Bertz CT molecular complexity index is 658. The van der Waals surface area contributed by atoms with E-state index in [0.29, 0.717) is 11.4 Å². The SMILES string of the molecule is COc1ccc(NC(N)=NCc2nc(C(F)(F)F)cs2)cc1.I. The average molecular weight is 458 g/mol. The van der Waals surface area contributed by atoms with Crippen molar-refractivity contribution >= 4 is 47.0 Å². The molecule has 0 amide bonds. The van der Waals surface area contributed by atoms with Gasteiger partial charge < -0.3 is 15.8 Å². The van der Waals surface area contributed by atoms with Crippen LogP contribution in [0.3, 0.4) is 0 Å². The Morgan fingerprint density at radius 3 is 2.52 bits per heavy atom. The van der Waals surface area contributed by atoms with Crippen LogP contribution >= 0.6 is 35.3 Å². The first-order valence-electron chi connectivity index (χ1n) is 6.11. The number of aromatic nitrogens is 1. The summed E-state index contributed by atoms with van der Waals surface area (Å²) in [6.07, 6.45) is -4.44. The molecule has 0 atom stereocenters. The Morgan fingerprint density at radius 1 is 1.35 bits per heavy atom. The second kappa shape index (κ2) is 8.34. The zero-order valence-electron chi connectivity index (χ0n) is 11.9. The van der Waals surface area contributed by atoms with Crippen molar-refractivity contribution in [1.29, 1.82) is 0 Å². The number of hydrogen-bond donors (Lipinski definition) is 2. The Labute approximate surface area is 151 Å². The van der Waals surface area contributed by atoms with Crippen LogP contribution in [0.5, 0.6) is 5.75 Å². The van der Waals surface area contributed by atoms with Gasteiger partial charge in [0.15, 0.2) is 11.7 Å². The lowest BCUT2D eigenvalue weighted by Crippen LogP contribution is -2.22. The number of guanidine groups is 1. The number of thiazole rings is 1. The zero-order valence-corrected chi connectivity index (χ0v) is 15.1. The molecule has 10 heteroatoms. The van der Waals surface area contributed by atoms with Crippen LogP contribution in [0.25, 0.3) is 0 Å². The lowest BCUT2D eigenvalue weighted by molar-refractivity contribution is -0.140. The highest BCUT2D eigenvalue weighted by Crippen LogP contribution is 2.30. The molecule has 2 aromatic rings. The Kier molecular flexibility index (Phi) is 7.06. The number of methoxy groups -OCH3 is 1. The summed E-state index contributed by atoms with van der Waals surface area (Å²) in [5.74, 6) is 0.789. The van der Waals surface area contributed by atoms with Crippen LogP contribution < -0.4 is 15.8 Å². The number of nitrogens with zero attached hydrogens (tertiary/aromatic N) is 2. The minimum atomic E-state index is -4.44. The third-order valence-corrected chi connectivity index (χ3v) is 3.42. The van der Waals surface area contributed by atoms with Crippen LogP contribution in [0.4, 0.5) is 18.9 Å². The molecule has 0 bridgehead atoms. The van der Waals surface area contributed by atoms with Crippen LogP contribution in [-0.2, 0) is 12.7 Å². The highest BCUT2D eigenvalue weighted by molar-refractivity contribution is 14.0. The molecule has 0 spiro atoms. The predicted octanol–water partition coefficient (Wildman–Crippen LogP) is 3.72. The number of nitrogens with one attached hydrogen (secondary N) is 1. The van der Waals surface area contributed by atoms with Crippen molar-refractivity contribution in [3.8, 4) is 5.75 Å². The minimum absolute atomic E-state index is 0. The summed E-state index contributed by atoms with van der Waals surface area (Å²) in [5.41, 5.74) is 5.46. The first kappa shape index (κ1) is 19.5. The van der Waals surface area contributed by atoms with E-state index in [9.17, 15) is 13.2 Å². The normalized spacial score (nSPS) is 11.7. The van der Waals surface area contributed by atoms with Gasteiger partial charge in [-0.25, -0.2) is 9.98 Å². The third kappa shape index (κ3) is 5.86. The molecule has 0 aliphatic rings. The maximum atomic E-state index is 12.4. The van der Waals surface area contributed by atoms with Gasteiger partial charge in [0.2, 0.25) is 0 Å². The summed E-state index contributed by atoms with van der Waals surface area (Å²) in [6, 6.07) is 6.97. The first-order valence-corrected chi connectivity index (χ1v) is 6.99. The monoisotopic (exact) mass is 458 g/mol. The molecule has 0 unspecified atom stereocenters. The highest BCUT2D eigenvalue weighted by atomic mass is 127. The molecular weight excluding hydrogens is 444 g/mol. The molecule has 0 aliphatic heterocycles. The second-order valence-corrected chi connectivity index (χ2v) is 5.12. The summed E-state index contributed by atoms with van der Waals surface area (Å²) in [4.78, 5) is 7.43. The molecule has 1 heterocycles. The van der Waals surface area contributed by atoms with E-state index >= 15 is 0 Å². The van der Waals surface area contributed by atoms with Gasteiger partial charge in [-0.1, -0.05) is 0 Å². The molecule has 5 nitrogen and oxygen atoms in total. The number of anilines is 1. The average Bonchev–Trinajstić information content (AvgIpc) is 2.95. The Hall–Kier alpha value is -1.56. The van der Waals surface area contributed by atoms with Gasteiger partial charge in [0.05, 0.1) is 13.7 Å².